The van der Waals surface area contributed by atoms with Crippen LogP contribution in [0.4, 0.5) is 5.69 Å². The lowest BCUT2D eigenvalue weighted by atomic mass is 9.97. The summed E-state index contributed by atoms with van der Waals surface area (Å²) >= 11 is 0. The monoisotopic (exact) mass is 446 g/mol. The number of benzene rings is 3. The van der Waals surface area contributed by atoms with E-state index in [2.05, 4.69) is 4.98 Å². The largest absolute Gasteiger partial charge is 0.293 e. The molecule has 1 atom stereocenters. The maximum atomic E-state index is 13.4. The number of hydrogen-bond acceptors (Lipinski definition) is 5. The van der Waals surface area contributed by atoms with Crippen molar-refractivity contribution >= 4 is 40.0 Å². The van der Waals surface area contributed by atoms with Gasteiger partial charge in [-0.25, -0.2) is 4.90 Å². The van der Waals surface area contributed by atoms with E-state index in [4.69, 9.17) is 0 Å². The molecule has 6 rings (SSSR count). The fourth-order valence-corrected chi connectivity index (χ4v) is 4.96. The van der Waals surface area contributed by atoms with Crippen molar-refractivity contribution in [2.24, 2.45) is 0 Å². The molecule has 1 aromatic heterocycles. The van der Waals surface area contributed by atoms with Crippen molar-refractivity contribution in [1.82, 2.24) is 4.98 Å². The second-order valence-electron chi connectivity index (χ2n) is 8.74. The minimum atomic E-state index is -1.11. The van der Waals surface area contributed by atoms with E-state index in [-0.39, 0.29) is 17.3 Å². The van der Waals surface area contributed by atoms with E-state index in [0.29, 0.717) is 44.4 Å². The number of para-hydroxylation sites is 1. The Hall–Kier alpha value is -4.45. The van der Waals surface area contributed by atoms with E-state index < -0.39 is 17.7 Å². The number of fused-ring (bicyclic) bond motifs is 3. The topological polar surface area (TPSA) is 84.4 Å². The number of rotatable bonds is 2. The average Bonchev–Trinajstić information content (AvgIpc) is 3.23. The first-order valence-corrected chi connectivity index (χ1v) is 10.9. The fourth-order valence-electron chi connectivity index (χ4n) is 4.96. The molecule has 0 fully saturated rings. The highest BCUT2D eigenvalue weighted by Gasteiger charge is 2.43. The highest BCUT2D eigenvalue weighted by atomic mass is 16.2. The number of imide groups is 1. The van der Waals surface area contributed by atoms with Crippen molar-refractivity contribution in [2.75, 3.05) is 4.90 Å². The first kappa shape index (κ1) is 20.2. The lowest BCUT2D eigenvalue weighted by molar-refractivity contribution is 0.0884. The number of aryl methyl sites for hydroxylation is 2. The number of anilines is 1. The van der Waals surface area contributed by atoms with Gasteiger partial charge in [-0.15, -0.1) is 0 Å². The third kappa shape index (κ3) is 2.65. The van der Waals surface area contributed by atoms with Crippen LogP contribution in [0.5, 0.6) is 0 Å². The van der Waals surface area contributed by atoms with E-state index in [1.165, 1.54) is 0 Å². The Morgan fingerprint density at radius 1 is 0.735 bits per heavy atom. The molecule has 0 spiro atoms. The third-order valence-corrected chi connectivity index (χ3v) is 6.60. The molecule has 0 saturated carbocycles. The Labute approximate surface area is 194 Å². The second-order valence-corrected chi connectivity index (χ2v) is 8.74. The fraction of sp³-hybridized carbons (Fsp3) is 0.107. The summed E-state index contributed by atoms with van der Waals surface area (Å²) in [6, 6.07) is 19.0. The van der Waals surface area contributed by atoms with Crippen LogP contribution < -0.4 is 4.90 Å². The molecule has 2 amide bonds. The summed E-state index contributed by atoms with van der Waals surface area (Å²) in [6.45, 7) is 3.65. The van der Waals surface area contributed by atoms with Gasteiger partial charge in [0, 0.05) is 16.5 Å². The van der Waals surface area contributed by atoms with E-state index in [0.717, 1.165) is 10.5 Å². The lowest BCUT2D eigenvalue weighted by Crippen LogP contribution is -2.30. The molecule has 1 unspecified atom stereocenters. The first-order valence-electron chi connectivity index (χ1n) is 10.9. The van der Waals surface area contributed by atoms with Crippen LogP contribution in [0.15, 0.2) is 66.7 Å². The number of pyridine rings is 1. The van der Waals surface area contributed by atoms with Crippen LogP contribution in [0, 0.1) is 13.8 Å². The smallest absolute Gasteiger partial charge is 0.266 e. The predicted molar refractivity (Wildman–Crippen MR) is 127 cm³/mol. The Bertz CT molecular complexity index is 1620. The Balaban J connectivity index is 1.55. The minimum Gasteiger partial charge on any atom is -0.293 e. The van der Waals surface area contributed by atoms with Gasteiger partial charge >= 0.3 is 0 Å². The van der Waals surface area contributed by atoms with Crippen LogP contribution >= 0.6 is 0 Å². The highest BCUT2D eigenvalue weighted by molar-refractivity contribution is 6.36. The predicted octanol–water partition coefficient (Wildman–Crippen LogP) is 4.82. The van der Waals surface area contributed by atoms with Gasteiger partial charge in [-0.05, 0) is 43.7 Å². The molecule has 34 heavy (non-hydrogen) atoms. The van der Waals surface area contributed by atoms with Crippen LogP contribution in [0.1, 0.15) is 64.2 Å². The van der Waals surface area contributed by atoms with Crippen molar-refractivity contribution in [3.8, 4) is 0 Å². The van der Waals surface area contributed by atoms with E-state index in [1.807, 2.05) is 6.92 Å². The molecule has 3 aromatic carbocycles. The molecule has 6 nitrogen and oxygen atoms in total. The zero-order valence-corrected chi connectivity index (χ0v) is 18.5. The maximum absolute atomic E-state index is 13.4. The van der Waals surface area contributed by atoms with Crippen molar-refractivity contribution in [3.05, 3.63) is 106 Å². The Morgan fingerprint density at radius 3 is 2.29 bits per heavy atom. The number of carbonyl (C=O) groups is 4. The molecular weight excluding hydrogens is 428 g/mol. The number of Topliss-reactive ketones (excluding diaryl/α,β-unsaturated/α-hetero) is 2. The summed E-state index contributed by atoms with van der Waals surface area (Å²) in [7, 11) is 0. The number of carbonyl (C=O) groups excluding carboxylic acids is 4. The molecule has 0 radical (unpaired) electrons. The van der Waals surface area contributed by atoms with E-state index in [1.54, 1.807) is 73.7 Å². The van der Waals surface area contributed by atoms with Crippen LogP contribution in [0.25, 0.3) is 10.9 Å². The van der Waals surface area contributed by atoms with Crippen molar-refractivity contribution < 1.29 is 19.2 Å². The summed E-state index contributed by atoms with van der Waals surface area (Å²) in [6.07, 6.45) is 0. The molecule has 2 aliphatic rings. The van der Waals surface area contributed by atoms with Crippen molar-refractivity contribution in [3.63, 3.8) is 0 Å². The van der Waals surface area contributed by atoms with Gasteiger partial charge in [0.25, 0.3) is 11.8 Å². The van der Waals surface area contributed by atoms with Crippen LogP contribution in [-0.2, 0) is 0 Å². The molecular formula is C28H18N2O4. The average molecular weight is 446 g/mol. The number of nitrogens with zero attached hydrogens (tertiary/aromatic N) is 2. The van der Waals surface area contributed by atoms with Crippen LogP contribution in [-0.4, -0.2) is 28.4 Å². The summed E-state index contributed by atoms with van der Waals surface area (Å²) in [5, 5.41) is 0.588. The van der Waals surface area contributed by atoms with E-state index >= 15 is 0 Å². The first-order chi connectivity index (χ1) is 16.4. The zero-order valence-electron chi connectivity index (χ0n) is 18.5. The maximum Gasteiger partial charge on any atom is 0.266 e. The molecule has 0 bridgehead atoms. The molecule has 0 N–H and O–H groups in total. The molecule has 4 aromatic rings. The molecule has 0 saturated heterocycles. The van der Waals surface area contributed by atoms with Crippen molar-refractivity contribution in [2.45, 2.75) is 19.8 Å². The Morgan fingerprint density at radius 2 is 1.50 bits per heavy atom. The molecule has 164 valence electrons. The highest BCUT2D eigenvalue weighted by Crippen LogP contribution is 2.39. The summed E-state index contributed by atoms with van der Waals surface area (Å²) < 4.78 is 0. The quantitative estimate of drug-likeness (QED) is 0.326. The number of amides is 2. The number of hydrogen-bond donors (Lipinski definition) is 0. The number of aromatic nitrogens is 1. The summed E-state index contributed by atoms with van der Waals surface area (Å²) in [4.78, 5) is 59.0. The van der Waals surface area contributed by atoms with E-state index in [9.17, 15) is 19.2 Å². The summed E-state index contributed by atoms with van der Waals surface area (Å²) in [5.74, 6) is -2.63. The number of ketones is 2. The molecule has 2 heterocycles. The second kappa shape index (κ2) is 7.02. The van der Waals surface area contributed by atoms with Gasteiger partial charge in [-0.1, -0.05) is 48.0 Å². The molecule has 1 aliphatic carbocycles. The molecule has 6 heteroatoms. The Kier molecular flexibility index (Phi) is 4.17. The summed E-state index contributed by atoms with van der Waals surface area (Å²) in [5.41, 5.74) is 4.09. The zero-order chi connectivity index (χ0) is 23.7. The van der Waals surface area contributed by atoms with Gasteiger partial charge in [0.05, 0.1) is 28.0 Å². The van der Waals surface area contributed by atoms with Crippen molar-refractivity contribution in [1.29, 1.82) is 0 Å². The normalized spacial score (nSPS) is 17.0. The van der Waals surface area contributed by atoms with Gasteiger partial charge in [0.2, 0.25) is 0 Å². The van der Waals surface area contributed by atoms with Gasteiger partial charge in [-0.3, -0.25) is 24.2 Å². The molecule has 1 aliphatic heterocycles. The SMILES string of the molecule is Cc1ccc2c(c1)C(=O)C(c1cc(N3C(=O)c4cccc(C)c4C3=O)c3ccccc3n1)C2=O. The van der Waals surface area contributed by atoms with Gasteiger partial charge < -0.3 is 0 Å². The van der Waals surface area contributed by atoms with Gasteiger partial charge in [0.1, 0.15) is 5.92 Å². The third-order valence-electron chi connectivity index (χ3n) is 6.60. The lowest BCUT2D eigenvalue weighted by Gasteiger charge is -2.19. The van der Waals surface area contributed by atoms with Gasteiger partial charge in [-0.2, -0.15) is 0 Å². The van der Waals surface area contributed by atoms with Gasteiger partial charge in [0.15, 0.2) is 11.6 Å². The van der Waals surface area contributed by atoms with Crippen LogP contribution in [0.2, 0.25) is 0 Å². The standard InChI is InChI=1S/C28H18N2O4/c1-14-10-11-16-19(12-14)26(32)24(25(16)31)21-13-22(17-7-3-4-9-20(17)29-21)30-27(33)18-8-5-6-15(2)23(18)28(30)34/h3-13,24H,1-2H3. The van der Waals surface area contributed by atoms with Crippen LogP contribution in [0.3, 0.4) is 0 Å². The minimum absolute atomic E-state index is 0.228.